The molecule has 6 nitrogen and oxygen atoms in total. The number of amides is 2. The van der Waals surface area contributed by atoms with Crippen molar-refractivity contribution in [1.29, 1.82) is 0 Å². The molecule has 0 aliphatic carbocycles. The first-order chi connectivity index (χ1) is 17.3. The molecule has 205 valence electrons. The quantitative estimate of drug-likeness (QED) is 0.301. The van der Waals surface area contributed by atoms with Crippen LogP contribution in [0.2, 0.25) is 6.82 Å². The molecule has 0 spiro atoms. The van der Waals surface area contributed by atoms with Crippen molar-refractivity contribution in [2.75, 3.05) is 13.1 Å². The summed E-state index contributed by atoms with van der Waals surface area (Å²) in [5, 5.41) is 13.0. The van der Waals surface area contributed by atoms with Gasteiger partial charge in [0.1, 0.15) is 6.10 Å². The van der Waals surface area contributed by atoms with Crippen LogP contribution in [0, 0.1) is 74.1 Å². The SMILES string of the molecule is C#CC.C#CC(C)=O.C#CC(C)O.C#CCCC.C#CCNC(C)=O.C#CCNC(C)=O.C[B]F.FF. The fraction of sp³-hybridized carbons (Fsp3) is 0.444. The van der Waals surface area contributed by atoms with E-state index in [1.807, 2.05) is 5.92 Å². The number of carbonyl (C=O) groups is 3. The molecule has 0 heterocycles. The lowest BCUT2D eigenvalue weighted by Crippen LogP contribution is -2.19. The molecular formula is C27H39BF3N2O4. The monoisotopic (exact) mass is 523 g/mol. The summed E-state index contributed by atoms with van der Waals surface area (Å²) >= 11 is 0. The predicted octanol–water partition coefficient (Wildman–Crippen LogP) is 3.24. The molecule has 0 saturated heterocycles. The first-order valence-corrected chi connectivity index (χ1v) is 10.1. The topological polar surface area (TPSA) is 95.5 Å². The van der Waals surface area contributed by atoms with Gasteiger partial charge in [-0.15, -0.1) is 50.4 Å². The number of aliphatic hydroxyl groups excluding tert-OH is 1. The predicted molar refractivity (Wildman–Crippen MR) is 148 cm³/mol. The van der Waals surface area contributed by atoms with Gasteiger partial charge in [-0.1, -0.05) is 31.5 Å². The Morgan fingerprint density at radius 2 is 1.14 bits per heavy atom. The highest BCUT2D eigenvalue weighted by atomic mass is 20.0. The molecule has 0 fully saturated rings. The summed E-state index contributed by atoms with van der Waals surface area (Å²) in [4.78, 5) is 29.6. The molecule has 0 aliphatic heterocycles. The third-order valence-corrected chi connectivity index (χ3v) is 1.72. The standard InChI is InChI=1S/2C5H7NO.C5H8.C4H6O.C4H4O.C3H4.CH3BF.F2/c2*1-3-4-6-5(2)7;1-3-5-4-2;2*1-3-4(2)5;1-3-2;1-2-3;1-2/h2*1H,4H2,2H3,(H,6,7);1H,4-5H2,2H3;1,4-5H,2H3;1H,2H3;1H,2H3;1H3;. The van der Waals surface area contributed by atoms with E-state index in [0.717, 1.165) is 12.8 Å². The van der Waals surface area contributed by atoms with Crippen molar-refractivity contribution in [1.82, 2.24) is 10.6 Å². The number of halogens is 3. The van der Waals surface area contributed by atoms with E-state index in [2.05, 4.69) is 66.4 Å². The lowest BCUT2D eigenvalue weighted by molar-refractivity contribution is -0.119. The van der Waals surface area contributed by atoms with E-state index in [1.165, 1.54) is 27.6 Å². The van der Waals surface area contributed by atoms with Crippen LogP contribution >= 0.6 is 0 Å². The Labute approximate surface area is 223 Å². The summed E-state index contributed by atoms with van der Waals surface area (Å²) in [5.74, 6) is 12.9. The largest absolute Gasteiger partial charge is 0.381 e. The molecule has 0 aliphatic rings. The minimum atomic E-state index is -0.588. The van der Waals surface area contributed by atoms with E-state index < -0.39 is 6.10 Å². The second kappa shape index (κ2) is 69.7. The van der Waals surface area contributed by atoms with Gasteiger partial charge in [-0.3, -0.25) is 14.4 Å². The molecule has 1 atom stereocenters. The minimum Gasteiger partial charge on any atom is -0.381 e. The molecule has 3 N–H and O–H groups in total. The van der Waals surface area contributed by atoms with Gasteiger partial charge in [-0.2, -0.15) is 0 Å². The van der Waals surface area contributed by atoms with E-state index in [0.29, 0.717) is 20.6 Å². The van der Waals surface area contributed by atoms with Crippen LogP contribution in [0.15, 0.2) is 0 Å². The van der Waals surface area contributed by atoms with Crippen LogP contribution in [0.3, 0.4) is 0 Å². The molecule has 1 radical (unpaired) electrons. The van der Waals surface area contributed by atoms with E-state index in [1.54, 1.807) is 13.8 Å². The zero-order valence-electron chi connectivity index (χ0n) is 22.8. The Hall–Kier alpha value is -4.22. The van der Waals surface area contributed by atoms with Crippen molar-refractivity contribution < 1.29 is 33.0 Å². The van der Waals surface area contributed by atoms with E-state index in [-0.39, 0.29) is 17.6 Å². The number of hydrogen-bond donors (Lipinski definition) is 3. The molecule has 0 aromatic heterocycles. The smallest absolute Gasteiger partial charge is 0.351 e. The molecular weight excluding hydrogens is 484 g/mol. The number of aliphatic hydroxyl groups is 1. The fourth-order valence-electron chi connectivity index (χ4n) is 0.495. The summed E-state index contributed by atoms with van der Waals surface area (Å²) in [7, 11) is 0.500. The Morgan fingerprint density at radius 1 is 0.892 bits per heavy atom. The van der Waals surface area contributed by atoms with Crippen molar-refractivity contribution in [3.05, 3.63) is 0 Å². The number of Topliss-reactive ketones (excluding diaryl/α,β-unsaturated/α-hetero) is 1. The first kappa shape index (κ1) is 53.9. The van der Waals surface area contributed by atoms with Gasteiger partial charge >= 0.3 is 7.56 Å². The zero-order valence-corrected chi connectivity index (χ0v) is 22.8. The zero-order chi connectivity index (χ0) is 31.5. The molecule has 0 bridgehead atoms. The molecule has 0 aromatic rings. The number of rotatable bonds is 3. The molecule has 0 aromatic carbocycles. The van der Waals surface area contributed by atoms with Crippen LogP contribution < -0.4 is 10.6 Å². The van der Waals surface area contributed by atoms with Crippen LogP contribution in [0.5, 0.6) is 0 Å². The third-order valence-electron chi connectivity index (χ3n) is 1.72. The van der Waals surface area contributed by atoms with Crippen LogP contribution in [-0.4, -0.2) is 49.5 Å². The average molecular weight is 523 g/mol. The van der Waals surface area contributed by atoms with Crippen molar-refractivity contribution in [3.8, 4) is 74.1 Å². The summed E-state index contributed by atoms with van der Waals surface area (Å²) in [6.45, 7) is 11.5. The summed E-state index contributed by atoms with van der Waals surface area (Å²) < 4.78 is 26.2. The first-order valence-electron chi connectivity index (χ1n) is 10.1. The van der Waals surface area contributed by atoms with Gasteiger partial charge in [0.25, 0.3) is 0 Å². The van der Waals surface area contributed by atoms with Crippen LogP contribution in [0.25, 0.3) is 0 Å². The van der Waals surface area contributed by atoms with Crippen molar-refractivity contribution in [3.63, 3.8) is 0 Å². The van der Waals surface area contributed by atoms with Gasteiger partial charge in [0.05, 0.1) is 13.1 Å². The Balaban J connectivity index is -0.0000000445. The third kappa shape index (κ3) is 295. The molecule has 0 saturated carbocycles. The van der Waals surface area contributed by atoms with E-state index in [4.69, 9.17) is 33.5 Å². The normalized spacial score (nSPS) is 6.73. The van der Waals surface area contributed by atoms with Crippen molar-refractivity contribution in [2.24, 2.45) is 0 Å². The summed E-state index contributed by atoms with van der Waals surface area (Å²) in [6.07, 6.45) is 29.8. The Kier molecular flexibility index (Phi) is 102. The van der Waals surface area contributed by atoms with E-state index in [9.17, 15) is 18.7 Å². The average Bonchev–Trinajstić information content (AvgIpc) is 2.85. The number of unbranched alkanes of at least 4 members (excludes halogenated alkanes) is 1. The van der Waals surface area contributed by atoms with Crippen LogP contribution in [0.1, 0.15) is 54.4 Å². The van der Waals surface area contributed by atoms with Crippen molar-refractivity contribution >= 4 is 25.2 Å². The second-order valence-corrected chi connectivity index (χ2v) is 5.23. The van der Waals surface area contributed by atoms with Gasteiger partial charge in [0.15, 0.2) is 0 Å². The number of carbonyl (C=O) groups excluding carboxylic acids is 3. The minimum absolute atomic E-state index is 0.0852. The van der Waals surface area contributed by atoms with Crippen LogP contribution in [-0.2, 0) is 14.4 Å². The maximum absolute atomic E-state index is 10.2. The summed E-state index contributed by atoms with van der Waals surface area (Å²) in [5.41, 5.74) is 0. The number of nitrogens with one attached hydrogen (secondary N) is 2. The lowest BCUT2D eigenvalue weighted by atomic mass is 10.2. The maximum atomic E-state index is 10.2. The highest BCUT2D eigenvalue weighted by molar-refractivity contribution is 6.23. The highest BCUT2D eigenvalue weighted by Gasteiger charge is 1.81. The molecule has 10 heteroatoms. The Bertz CT molecular complexity index is 719. The van der Waals surface area contributed by atoms with Gasteiger partial charge in [-0.05, 0) is 26.2 Å². The molecule has 2 amide bonds. The van der Waals surface area contributed by atoms with Crippen LogP contribution in [0.4, 0.5) is 13.5 Å². The second-order valence-electron chi connectivity index (χ2n) is 5.23. The molecule has 37 heavy (non-hydrogen) atoms. The number of hydrogen-bond acceptors (Lipinski definition) is 4. The maximum Gasteiger partial charge on any atom is 0.351 e. The number of ketones is 1. The highest BCUT2D eigenvalue weighted by Crippen LogP contribution is 1.77. The van der Waals surface area contributed by atoms with Gasteiger partial charge in [0.2, 0.25) is 17.6 Å². The molecule has 1 unspecified atom stereocenters. The van der Waals surface area contributed by atoms with Gasteiger partial charge < -0.3 is 20.1 Å². The fourth-order valence-corrected chi connectivity index (χ4v) is 0.495. The number of terminal acetylenes is 6. The molecule has 0 rings (SSSR count). The van der Waals surface area contributed by atoms with E-state index >= 15 is 0 Å². The van der Waals surface area contributed by atoms with Crippen molar-refractivity contribution in [2.45, 2.75) is 67.3 Å². The van der Waals surface area contributed by atoms with Gasteiger partial charge in [0, 0.05) is 36.3 Å². The Morgan fingerprint density at radius 3 is 1.16 bits per heavy atom. The van der Waals surface area contributed by atoms with Gasteiger partial charge in [-0.25, -0.2) is 0 Å². The lowest BCUT2D eigenvalue weighted by Gasteiger charge is -1.88. The summed E-state index contributed by atoms with van der Waals surface area (Å²) in [6, 6.07) is 0.